The molecule has 1 amide bonds. The lowest BCUT2D eigenvalue weighted by atomic mass is 10.3. The highest BCUT2D eigenvalue weighted by molar-refractivity contribution is 9.10. The molecule has 0 aliphatic rings. The van der Waals surface area contributed by atoms with Crippen molar-refractivity contribution in [2.75, 3.05) is 0 Å². The van der Waals surface area contributed by atoms with Crippen molar-refractivity contribution < 1.29 is 4.79 Å². The number of rotatable bonds is 4. The quantitative estimate of drug-likeness (QED) is 0.849. The van der Waals surface area contributed by atoms with Gasteiger partial charge in [-0.2, -0.15) is 0 Å². The van der Waals surface area contributed by atoms with Crippen molar-refractivity contribution in [2.45, 2.75) is 19.4 Å². The van der Waals surface area contributed by atoms with Crippen LogP contribution in [0.4, 0.5) is 0 Å². The molecule has 2 aromatic rings. The second kappa shape index (κ2) is 4.97. The first kappa shape index (κ1) is 12.3. The van der Waals surface area contributed by atoms with Crippen LogP contribution in [0, 0.1) is 4.77 Å². The van der Waals surface area contributed by atoms with Crippen molar-refractivity contribution in [3.8, 4) is 0 Å². The fourth-order valence-corrected chi connectivity index (χ4v) is 2.26. The number of imidazole rings is 1. The Bertz CT molecular complexity index is 618. The van der Waals surface area contributed by atoms with E-state index in [1.54, 1.807) is 6.20 Å². The first-order valence-electron chi connectivity index (χ1n) is 5.10. The number of aryl methyl sites for hydroxylation is 1. The molecule has 2 aromatic heterocycles. The Balaban J connectivity index is 2.30. The molecule has 0 atom stereocenters. The molecule has 0 fully saturated rings. The van der Waals surface area contributed by atoms with Crippen molar-refractivity contribution in [1.29, 1.82) is 0 Å². The third kappa shape index (κ3) is 2.73. The number of nitrogens with zero attached hydrogens (tertiary/aromatic N) is 2. The second-order valence-electron chi connectivity index (χ2n) is 3.68. The minimum atomic E-state index is -0.299. The molecule has 0 spiro atoms. The predicted octanol–water partition coefficient (Wildman–Crippen LogP) is 2.12. The van der Waals surface area contributed by atoms with Crippen LogP contribution in [0.25, 0.3) is 11.2 Å². The number of carbonyl (C=O) groups excluding carboxylic acids is 1. The van der Waals surface area contributed by atoms with Crippen molar-refractivity contribution in [2.24, 2.45) is 5.73 Å². The molecule has 7 heteroatoms. The summed E-state index contributed by atoms with van der Waals surface area (Å²) in [6.45, 7) is 0.635. The summed E-state index contributed by atoms with van der Waals surface area (Å²) in [5.74, 6) is -0.299. The van der Waals surface area contributed by atoms with Crippen molar-refractivity contribution in [1.82, 2.24) is 14.5 Å². The van der Waals surface area contributed by atoms with E-state index in [0.29, 0.717) is 24.2 Å². The standard InChI is InChI=1S/C10H11BrN4OS/c11-6-4-7-9(13-5-6)15(10(17)14-7)3-1-2-8(12)16/h4-5H,1-3H2,(H2,12,16)(H,14,17). The maximum absolute atomic E-state index is 10.7. The molecule has 3 N–H and O–H groups in total. The number of nitrogens with two attached hydrogens (primary N) is 1. The lowest BCUT2D eigenvalue weighted by Gasteiger charge is -2.02. The van der Waals surface area contributed by atoms with Crippen molar-refractivity contribution in [3.63, 3.8) is 0 Å². The predicted molar refractivity (Wildman–Crippen MR) is 71.0 cm³/mol. The molecule has 0 aromatic carbocycles. The van der Waals surface area contributed by atoms with Gasteiger partial charge in [0.2, 0.25) is 5.91 Å². The maximum atomic E-state index is 10.7. The molecule has 0 aliphatic carbocycles. The van der Waals surface area contributed by atoms with Gasteiger partial charge in [-0.05, 0) is 40.6 Å². The summed E-state index contributed by atoms with van der Waals surface area (Å²) in [4.78, 5) is 18.1. The number of hydrogen-bond acceptors (Lipinski definition) is 3. The van der Waals surface area contributed by atoms with Gasteiger partial charge in [0.05, 0.1) is 5.52 Å². The Morgan fingerprint density at radius 3 is 3.12 bits per heavy atom. The van der Waals surface area contributed by atoms with Crippen molar-refractivity contribution >= 4 is 45.2 Å². The summed E-state index contributed by atoms with van der Waals surface area (Å²) in [5.41, 5.74) is 6.77. The zero-order valence-corrected chi connectivity index (χ0v) is 11.3. The largest absolute Gasteiger partial charge is 0.370 e. The fraction of sp³-hybridized carbons (Fsp3) is 0.300. The van der Waals surface area contributed by atoms with E-state index in [0.717, 1.165) is 15.6 Å². The highest BCUT2D eigenvalue weighted by atomic mass is 79.9. The summed E-state index contributed by atoms with van der Waals surface area (Å²) >= 11 is 8.56. The van der Waals surface area contributed by atoms with E-state index in [4.69, 9.17) is 18.0 Å². The van der Waals surface area contributed by atoms with E-state index >= 15 is 0 Å². The molecule has 17 heavy (non-hydrogen) atoms. The molecule has 0 aliphatic heterocycles. The van der Waals surface area contributed by atoms with Crippen molar-refractivity contribution in [3.05, 3.63) is 21.5 Å². The highest BCUT2D eigenvalue weighted by Gasteiger charge is 2.06. The number of carbonyl (C=O) groups is 1. The average molecular weight is 315 g/mol. The minimum Gasteiger partial charge on any atom is -0.370 e. The van der Waals surface area contributed by atoms with Crippen LogP contribution < -0.4 is 5.73 Å². The summed E-state index contributed by atoms with van der Waals surface area (Å²) in [6, 6.07) is 1.92. The van der Waals surface area contributed by atoms with Gasteiger partial charge in [0.1, 0.15) is 0 Å². The first-order valence-corrected chi connectivity index (χ1v) is 6.30. The van der Waals surface area contributed by atoms with E-state index in [1.165, 1.54) is 0 Å². The van der Waals surface area contributed by atoms with E-state index in [2.05, 4.69) is 25.9 Å². The summed E-state index contributed by atoms with van der Waals surface area (Å²) in [6.07, 6.45) is 2.73. The van der Waals surface area contributed by atoms with Crippen LogP contribution in [0.2, 0.25) is 0 Å². The van der Waals surface area contributed by atoms with Crippen LogP contribution >= 0.6 is 28.1 Å². The van der Waals surface area contributed by atoms with Gasteiger partial charge in [-0.3, -0.25) is 4.79 Å². The number of H-pyrrole nitrogens is 1. The van der Waals surface area contributed by atoms with Crippen LogP contribution in [0.15, 0.2) is 16.7 Å². The number of aromatic nitrogens is 3. The van der Waals surface area contributed by atoms with Gasteiger partial charge in [-0.25, -0.2) is 4.98 Å². The molecule has 0 unspecified atom stereocenters. The summed E-state index contributed by atoms with van der Waals surface area (Å²) in [7, 11) is 0. The number of pyridine rings is 1. The Morgan fingerprint density at radius 2 is 2.41 bits per heavy atom. The molecule has 0 saturated carbocycles. The van der Waals surface area contributed by atoms with Gasteiger partial charge in [0, 0.05) is 23.6 Å². The second-order valence-corrected chi connectivity index (χ2v) is 4.98. The number of halogens is 1. The summed E-state index contributed by atoms with van der Waals surface area (Å²) < 4.78 is 3.38. The molecule has 0 radical (unpaired) electrons. The maximum Gasteiger partial charge on any atom is 0.217 e. The molecule has 90 valence electrons. The van der Waals surface area contributed by atoms with Gasteiger partial charge in [0.25, 0.3) is 0 Å². The van der Waals surface area contributed by atoms with Gasteiger partial charge in [0.15, 0.2) is 10.4 Å². The zero-order chi connectivity index (χ0) is 12.4. The molecule has 2 rings (SSSR count). The molecule has 5 nitrogen and oxygen atoms in total. The number of amides is 1. The van der Waals surface area contributed by atoms with E-state index < -0.39 is 0 Å². The molecule has 2 heterocycles. The van der Waals surface area contributed by atoms with Gasteiger partial charge >= 0.3 is 0 Å². The van der Waals surface area contributed by atoms with E-state index in [-0.39, 0.29) is 5.91 Å². The summed E-state index contributed by atoms with van der Waals surface area (Å²) in [5, 5.41) is 0. The molecular weight excluding hydrogens is 304 g/mol. The van der Waals surface area contributed by atoms with Crippen LogP contribution in [-0.2, 0) is 11.3 Å². The third-order valence-electron chi connectivity index (χ3n) is 2.38. The number of nitrogens with one attached hydrogen (secondary N) is 1. The molecule has 0 bridgehead atoms. The van der Waals surface area contributed by atoms with Crippen LogP contribution in [-0.4, -0.2) is 20.4 Å². The van der Waals surface area contributed by atoms with Crippen LogP contribution in [0.5, 0.6) is 0 Å². The lowest BCUT2D eigenvalue weighted by Crippen LogP contribution is -2.11. The smallest absolute Gasteiger partial charge is 0.217 e. The normalized spacial score (nSPS) is 10.9. The average Bonchev–Trinajstić information content (AvgIpc) is 2.54. The van der Waals surface area contributed by atoms with E-state index in [9.17, 15) is 4.79 Å². The lowest BCUT2D eigenvalue weighted by molar-refractivity contribution is -0.118. The van der Waals surface area contributed by atoms with Crippen LogP contribution in [0.3, 0.4) is 0 Å². The first-order chi connectivity index (χ1) is 8.08. The fourth-order valence-electron chi connectivity index (χ4n) is 1.64. The zero-order valence-electron chi connectivity index (χ0n) is 8.94. The number of primary amides is 1. The number of fused-ring (bicyclic) bond motifs is 1. The number of hydrogen-bond donors (Lipinski definition) is 2. The Kier molecular flexibility index (Phi) is 3.58. The van der Waals surface area contributed by atoms with Gasteiger partial charge in [-0.1, -0.05) is 0 Å². The monoisotopic (exact) mass is 314 g/mol. The minimum absolute atomic E-state index is 0.299. The van der Waals surface area contributed by atoms with Gasteiger partial charge in [-0.15, -0.1) is 0 Å². The Labute approximate surface area is 111 Å². The van der Waals surface area contributed by atoms with Crippen LogP contribution in [0.1, 0.15) is 12.8 Å². The molecule has 0 saturated heterocycles. The number of aromatic amines is 1. The SMILES string of the molecule is NC(=O)CCCn1c(=S)[nH]c2cc(Br)cnc21. The third-order valence-corrected chi connectivity index (χ3v) is 3.14. The van der Waals surface area contributed by atoms with Gasteiger partial charge < -0.3 is 15.3 Å². The Hall–Kier alpha value is -1.21. The topological polar surface area (TPSA) is 76.7 Å². The van der Waals surface area contributed by atoms with E-state index in [1.807, 2.05) is 10.6 Å². The Morgan fingerprint density at radius 1 is 1.65 bits per heavy atom. The highest BCUT2D eigenvalue weighted by Crippen LogP contribution is 2.17. The molecular formula is C10H11BrN4OS.